The number of ether oxygens (including phenoxy) is 1. The van der Waals surface area contributed by atoms with E-state index in [0.717, 1.165) is 15.9 Å². The molecule has 0 unspecified atom stereocenters. The number of hydrogen-bond donors (Lipinski definition) is 1. The molecule has 0 saturated carbocycles. The molecule has 5 nitrogen and oxygen atoms in total. The van der Waals surface area contributed by atoms with Crippen molar-refractivity contribution >= 4 is 17.4 Å². The van der Waals surface area contributed by atoms with Crippen LogP contribution in [0.2, 0.25) is 0 Å². The van der Waals surface area contributed by atoms with Crippen LogP contribution >= 0.6 is 11.8 Å². The van der Waals surface area contributed by atoms with Gasteiger partial charge >= 0.3 is 0 Å². The van der Waals surface area contributed by atoms with E-state index in [4.69, 9.17) is 10.5 Å². The van der Waals surface area contributed by atoms with E-state index in [1.54, 1.807) is 0 Å². The first kappa shape index (κ1) is 12.8. The molecule has 0 bridgehead atoms. The molecule has 0 saturated heterocycles. The SMILES string of the molecule is CCOc1cccc(Sc2nnc(C)n2C)c1N. The highest BCUT2D eigenvalue weighted by molar-refractivity contribution is 7.99. The summed E-state index contributed by atoms with van der Waals surface area (Å²) in [7, 11) is 1.93. The molecule has 1 aromatic heterocycles. The maximum absolute atomic E-state index is 6.07. The van der Waals surface area contributed by atoms with Gasteiger partial charge in [-0.15, -0.1) is 10.2 Å². The highest BCUT2D eigenvalue weighted by atomic mass is 32.2. The van der Waals surface area contributed by atoms with Crippen LogP contribution in [0.3, 0.4) is 0 Å². The number of para-hydroxylation sites is 1. The molecule has 2 N–H and O–H groups in total. The Kier molecular flexibility index (Phi) is 3.76. The predicted octanol–water partition coefficient (Wildman–Crippen LogP) is 2.26. The molecular formula is C12H16N4OS. The highest BCUT2D eigenvalue weighted by Crippen LogP contribution is 2.36. The minimum absolute atomic E-state index is 0.599. The largest absolute Gasteiger partial charge is 0.492 e. The second kappa shape index (κ2) is 5.30. The van der Waals surface area contributed by atoms with Crippen molar-refractivity contribution in [3.8, 4) is 5.75 Å². The molecule has 0 aliphatic rings. The van der Waals surface area contributed by atoms with E-state index < -0.39 is 0 Å². The van der Waals surface area contributed by atoms with Crippen molar-refractivity contribution in [3.05, 3.63) is 24.0 Å². The maximum Gasteiger partial charge on any atom is 0.195 e. The Morgan fingerprint density at radius 1 is 1.39 bits per heavy atom. The Bertz CT molecular complexity index is 553. The van der Waals surface area contributed by atoms with Gasteiger partial charge in [-0.1, -0.05) is 6.07 Å². The third kappa shape index (κ3) is 2.43. The standard InChI is InChI=1S/C12H16N4OS/c1-4-17-9-6-5-7-10(11(9)13)18-12-15-14-8(2)16(12)3/h5-7H,4,13H2,1-3H3. The summed E-state index contributed by atoms with van der Waals surface area (Å²) in [6.45, 7) is 4.45. The van der Waals surface area contributed by atoms with Gasteiger partial charge in [0.05, 0.1) is 12.3 Å². The number of nitrogens with zero attached hydrogens (tertiary/aromatic N) is 3. The number of hydrogen-bond acceptors (Lipinski definition) is 5. The third-order valence-electron chi connectivity index (χ3n) is 2.58. The summed E-state index contributed by atoms with van der Waals surface area (Å²) >= 11 is 1.49. The van der Waals surface area contributed by atoms with E-state index in [-0.39, 0.29) is 0 Å². The molecule has 96 valence electrons. The van der Waals surface area contributed by atoms with Crippen LogP contribution in [0.25, 0.3) is 0 Å². The topological polar surface area (TPSA) is 66.0 Å². The number of aromatic nitrogens is 3. The van der Waals surface area contributed by atoms with Crippen LogP contribution in [-0.2, 0) is 7.05 Å². The van der Waals surface area contributed by atoms with E-state index in [1.165, 1.54) is 11.8 Å². The molecular weight excluding hydrogens is 248 g/mol. The summed E-state index contributed by atoms with van der Waals surface area (Å²) in [5.41, 5.74) is 6.71. The van der Waals surface area contributed by atoms with Crippen LogP contribution in [0.5, 0.6) is 5.75 Å². The van der Waals surface area contributed by atoms with Crippen molar-refractivity contribution in [2.24, 2.45) is 7.05 Å². The second-order valence-corrected chi connectivity index (χ2v) is 4.80. The lowest BCUT2D eigenvalue weighted by Gasteiger charge is -2.10. The second-order valence-electron chi connectivity index (χ2n) is 3.79. The molecule has 2 aromatic rings. The van der Waals surface area contributed by atoms with Crippen LogP contribution in [0, 0.1) is 6.92 Å². The van der Waals surface area contributed by atoms with Gasteiger partial charge in [0, 0.05) is 11.9 Å². The lowest BCUT2D eigenvalue weighted by molar-refractivity contribution is 0.341. The summed E-state index contributed by atoms with van der Waals surface area (Å²) in [6, 6.07) is 5.74. The number of rotatable bonds is 4. The summed E-state index contributed by atoms with van der Waals surface area (Å²) in [5.74, 6) is 1.58. The first-order chi connectivity index (χ1) is 8.63. The van der Waals surface area contributed by atoms with Crippen LogP contribution < -0.4 is 10.5 Å². The molecule has 2 rings (SSSR count). The smallest absolute Gasteiger partial charge is 0.195 e. The minimum Gasteiger partial charge on any atom is -0.492 e. The van der Waals surface area contributed by atoms with E-state index in [0.29, 0.717) is 18.0 Å². The fraction of sp³-hybridized carbons (Fsp3) is 0.333. The van der Waals surface area contributed by atoms with Gasteiger partial charge in [0.25, 0.3) is 0 Å². The lowest BCUT2D eigenvalue weighted by Crippen LogP contribution is -1.99. The van der Waals surface area contributed by atoms with Gasteiger partial charge in [-0.05, 0) is 37.7 Å². The molecule has 0 aliphatic carbocycles. The van der Waals surface area contributed by atoms with Gasteiger partial charge in [0.15, 0.2) is 5.16 Å². The molecule has 0 atom stereocenters. The molecule has 0 amide bonds. The van der Waals surface area contributed by atoms with Crippen molar-refractivity contribution < 1.29 is 4.74 Å². The van der Waals surface area contributed by atoms with Crippen molar-refractivity contribution in [2.75, 3.05) is 12.3 Å². The van der Waals surface area contributed by atoms with Crippen LogP contribution in [0.15, 0.2) is 28.3 Å². The van der Waals surface area contributed by atoms with E-state index >= 15 is 0 Å². The predicted molar refractivity (Wildman–Crippen MR) is 71.9 cm³/mol. The highest BCUT2D eigenvalue weighted by Gasteiger charge is 2.11. The van der Waals surface area contributed by atoms with Crippen molar-refractivity contribution in [1.82, 2.24) is 14.8 Å². The fourth-order valence-electron chi connectivity index (χ4n) is 1.47. The van der Waals surface area contributed by atoms with Gasteiger partial charge in [-0.25, -0.2) is 0 Å². The molecule has 0 radical (unpaired) electrons. The van der Waals surface area contributed by atoms with Crippen LogP contribution in [-0.4, -0.2) is 21.4 Å². The minimum atomic E-state index is 0.599. The first-order valence-electron chi connectivity index (χ1n) is 5.68. The van der Waals surface area contributed by atoms with Crippen molar-refractivity contribution in [3.63, 3.8) is 0 Å². The molecule has 1 aromatic carbocycles. The summed E-state index contributed by atoms with van der Waals surface area (Å²) in [4.78, 5) is 0.927. The Hall–Kier alpha value is -1.69. The van der Waals surface area contributed by atoms with Crippen LogP contribution in [0.4, 0.5) is 5.69 Å². The summed E-state index contributed by atoms with van der Waals surface area (Å²) in [6.07, 6.45) is 0. The third-order valence-corrected chi connectivity index (χ3v) is 3.69. The van der Waals surface area contributed by atoms with Crippen molar-refractivity contribution in [2.45, 2.75) is 23.9 Å². The van der Waals surface area contributed by atoms with E-state index in [9.17, 15) is 0 Å². The monoisotopic (exact) mass is 264 g/mol. The Morgan fingerprint density at radius 2 is 2.17 bits per heavy atom. The number of anilines is 1. The number of nitrogens with two attached hydrogens (primary N) is 1. The first-order valence-corrected chi connectivity index (χ1v) is 6.50. The van der Waals surface area contributed by atoms with Crippen molar-refractivity contribution in [1.29, 1.82) is 0 Å². The average molecular weight is 264 g/mol. The average Bonchev–Trinajstić information content (AvgIpc) is 2.66. The maximum atomic E-state index is 6.07. The fourth-order valence-corrected chi connectivity index (χ4v) is 2.37. The van der Waals surface area contributed by atoms with Gasteiger partial charge in [0.2, 0.25) is 0 Å². The van der Waals surface area contributed by atoms with Gasteiger partial charge in [-0.2, -0.15) is 0 Å². The van der Waals surface area contributed by atoms with E-state index in [2.05, 4.69) is 10.2 Å². The summed E-state index contributed by atoms with van der Waals surface area (Å²) < 4.78 is 7.40. The Morgan fingerprint density at radius 3 is 2.78 bits per heavy atom. The molecule has 0 fully saturated rings. The van der Waals surface area contributed by atoms with Gasteiger partial charge in [0.1, 0.15) is 11.6 Å². The molecule has 0 aliphatic heterocycles. The molecule has 18 heavy (non-hydrogen) atoms. The summed E-state index contributed by atoms with van der Waals surface area (Å²) in [5, 5.41) is 8.94. The zero-order chi connectivity index (χ0) is 13.1. The molecule has 1 heterocycles. The quantitative estimate of drug-likeness (QED) is 0.858. The molecule has 0 spiro atoms. The van der Waals surface area contributed by atoms with Crippen LogP contribution in [0.1, 0.15) is 12.7 Å². The zero-order valence-electron chi connectivity index (χ0n) is 10.7. The molecule has 6 heteroatoms. The normalized spacial score (nSPS) is 10.6. The lowest BCUT2D eigenvalue weighted by atomic mass is 10.3. The number of aryl methyl sites for hydroxylation is 1. The zero-order valence-corrected chi connectivity index (χ0v) is 11.5. The van der Waals surface area contributed by atoms with E-state index in [1.807, 2.05) is 43.7 Å². The number of benzene rings is 1. The van der Waals surface area contributed by atoms with Gasteiger partial charge < -0.3 is 15.0 Å². The van der Waals surface area contributed by atoms with Gasteiger partial charge in [-0.3, -0.25) is 0 Å². The number of nitrogen functional groups attached to an aromatic ring is 1. The Balaban J connectivity index is 2.29. The Labute approximate surface area is 110 Å².